The molecule has 1 aromatic heterocycles. The number of carboxylic acids is 1. The zero-order valence-corrected chi connectivity index (χ0v) is 11.5. The third-order valence-corrected chi connectivity index (χ3v) is 3.58. The number of carbonyl (C=O) groups is 2. The number of carbonyl (C=O) groups excluding carboxylic acids is 1. The molecule has 1 aromatic rings. The summed E-state index contributed by atoms with van der Waals surface area (Å²) in [6.07, 6.45) is 3.23. The van der Waals surface area contributed by atoms with Crippen molar-refractivity contribution in [2.45, 2.75) is 25.8 Å². The van der Waals surface area contributed by atoms with Crippen molar-refractivity contribution in [1.82, 2.24) is 15.2 Å². The molecule has 0 saturated carbocycles. The van der Waals surface area contributed by atoms with E-state index in [2.05, 4.69) is 10.3 Å². The average Bonchev–Trinajstić information content (AvgIpc) is 2.49. The lowest BCUT2D eigenvalue weighted by Crippen LogP contribution is -2.46. The van der Waals surface area contributed by atoms with Gasteiger partial charge in [0.2, 0.25) is 0 Å². The van der Waals surface area contributed by atoms with Crippen LogP contribution in [0.2, 0.25) is 0 Å². The number of amides is 1. The number of piperidine rings is 1. The first-order valence-electron chi connectivity index (χ1n) is 6.84. The summed E-state index contributed by atoms with van der Waals surface area (Å²) in [4.78, 5) is 28.9. The van der Waals surface area contributed by atoms with E-state index in [1.54, 1.807) is 0 Å². The topological polar surface area (TPSA) is 82.5 Å². The van der Waals surface area contributed by atoms with Gasteiger partial charge < -0.3 is 15.3 Å². The third-order valence-electron chi connectivity index (χ3n) is 3.58. The first kappa shape index (κ1) is 14.5. The number of hydrogen-bond acceptors (Lipinski definition) is 4. The Labute approximate surface area is 117 Å². The van der Waals surface area contributed by atoms with Gasteiger partial charge in [-0.15, -0.1) is 0 Å². The van der Waals surface area contributed by atoms with Crippen molar-refractivity contribution in [1.29, 1.82) is 0 Å². The number of aromatic nitrogens is 1. The van der Waals surface area contributed by atoms with Gasteiger partial charge in [0.05, 0.1) is 5.56 Å². The SMILES string of the molecule is CCN(C(=O)c1ccc(C(=O)O)nc1)C1CCNCC1. The fraction of sp³-hybridized carbons (Fsp3) is 0.500. The first-order chi connectivity index (χ1) is 9.63. The molecule has 6 nitrogen and oxygen atoms in total. The Morgan fingerprint density at radius 1 is 1.40 bits per heavy atom. The second kappa shape index (κ2) is 6.47. The van der Waals surface area contributed by atoms with E-state index in [-0.39, 0.29) is 17.6 Å². The largest absolute Gasteiger partial charge is 0.477 e. The highest BCUT2D eigenvalue weighted by molar-refractivity contribution is 5.95. The molecule has 108 valence electrons. The van der Waals surface area contributed by atoms with Crippen LogP contribution in [0.4, 0.5) is 0 Å². The average molecular weight is 277 g/mol. The lowest BCUT2D eigenvalue weighted by Gasteiger charge is -2.34. The van der Waals surface area contributed by atoms with E-state index in [0.717, 1.165) is 25.9 Å². The quantitative estimate of drug-likeness (QED) is 0.857. The van der Waals surface area contributed by atoms with E-state index in [4.69, 9.17) is 5.11 Å². The molecule has 2 rings (SSSR count). The van der Waals surface area contributed by atoms with Gasteiger partial charge >= 0.3 is 5.97 Å². The van der Waals surface area contributed by atoms with Gasteiger partial charge in [0.1, 0.15) is 5.69 Å². The maximum absolute atomic E-state index is 12.5. The highest BCUT2D eigenvalue weighted by Gasteiger charge is 2.25. The summed E-state index contributed by atoms with van der Waals surface area (Å²) in [7, 11) is 0. The molecule has 1 saturated heterocycles. The van der Waals surface area contributed by atoms with Crippen LogP contribution in [-0.4, -0.2) is 52.5 Å². The van der Waals surface area contributed by atoms with Crippen molar-refractivity contribution in [2.24, 2.45) is 0 Å². The van der Waals surface area contributed by atoms with Crippen molar-refractivity contribution < 1.29 is 14.7 Å². The molecule has 6 heteroatoms. The minimum absolute atomic E-state index is 0.0496. The minimum atomic E-state index is -1.09. The summed E-state index contributed by atoms with van der Waals surface area (Å²) in [6, 6.07) is 3.14. The van der Waals surface area contributed by atoms with Gasteiger partial charge in [0, 0.05) is 18.8 Å². The van der Waals surface area contributed by atoms with E-state index in [1.807, 2.05) is 11.8 Å². The maximum atomic E-state index is 12.5. The van der Waals surface area contributed by atoms with Gasteiger partial charge in [-0.1, -0.05) is 0 Å². The monoisotopic (exact) mass is 277 g/mol. The van der Waals surface area contributed by atoms with Crippen molar-refractivity contribution in [2.75, 3.05) is 19.6 Å². The summed E-state index contributed by atoms with van der Waals surface area (Å²) in [5.74, 6) is -1.17. The number of hydrogen-bond donors (Lipinski definition) is 2. The van der Waals surface area contributed by atoms with Gasteiger partial charge in [0.25, 0.3) is 5.91 Å². The summed E-state index contributed by atoms with van der Waals surface area (Å²) in [5, 5.41) is 12.1. The Balaban J connectivity index is 2.13. The molecule has 0 atom stereocenters. The van der Waals surface area contributed by atoms with Crippen LogP contribution in [0.1, 0.15) is 40.6 Å². The van der Waals surface area contributed by atoms with Crippen LogP contribution >= 0.6 is 0 Å². The van der Waals surface area contributed by atoms with Crippen LogP contribution < -0.4 is 5.32 Å². The Kier molecular flexibility index (Phi) is 4.68. The Morgan fingerprint density at radius 2 is 2.10 bits per heavy atom. The highest BCUT2D eigenvalue weighted by Crippen LogP contribution is 2.15. The standard InChI is InChI=1S/C14H19N3O3/c1-2-17(11-5-7-15-8-6-11)13(18)10-3-4-12(14(19)20)16-9-10/h3-4,9,11,15H,2,5-8H2,1H3,(H,19,20). The molecule has 1 aliphatic heterocycles. The fourth-order valence-electron chi connectivity index (χ4n) is 2.50. The van der Waals surface area contributed by atoms with Crippen LogP contribution in [0.5, 0.6) is 0 Å². The van der Waals surface area contributed by atoms with Crippen LogP contribution in [0.15, 0.2) is 18.3 Å². The van der Waals surface area contributed by atoms with Crippen molar-refractivity contribution in [3.05, 3.63) is 29.6 Å². The first-order valence-corrected chi connectivity index (χ1v) is 6.84. The molecule has 0 aliphatic carbocycles. The number of rotatable bonds is 4. The molecule has 0 bridgehead atoms. The molecule has 0 unspecified atom stereocenters. The van der Waals surface area contributed by atoms with E-state index in [9.17, 15) is 9.59 Å². The number of pyridine rings is 1. The van der Waals surface area contributed by atoms with Crippen molar-refractivity contribution >= 4 is 11.9 Å². The van der Waals surface area contributed by atoms with E-state index >= 15 is 0 Å². The van der Waals surface area contributed by atoms with Crippen molar-refractivity contribution in [3.63, 3.8) is 0 Å². The molecular formula is C14H19N3O3. The molecule has 2 heterocycles. The van der Waals surface area contributed by atoms with Crippen LogP contribution in [0.25, 0.3) is 0 Å². The molecule has 20 heavy (non-hydrogen) atoms. The molecule has 0 aromatic carbocycles. The number of aromatic carboxylic acids is 1. The van der Waals surface area contributed by atoms with E-state index < -0.39 is 5.97 Å². The van der Waals surface area contributed by atoms with E-state index in [0.29, 0.717) is 12.1 Å². The normalized spacial score (nSPS) is 15.8. The third kappa shape index (κ3) is 3.14. The molecule has 0 radical (unpaired) electrons. The second-order valence-electron chi connectivity index (χ2n) is 4.81. The van der Waals surface area contributed by atoms with Gasteiger partial charge in [0.15, 0.2) is 0 Å². The van der Waals surface area contributed by atoms with Crippen LogP contribution in [0, 0.1) is 0 Å². The number of nitrogens with zero attached hydrogens (tertiary/aromatic N) is 2. The maximum Gasteiger partial charge on any atom is 0.354 e. The summed E-state index contributed by atoms with van der Waals surface area (Å²) in [6.45, 7) is 4.44. The molecular weight excluding hydrogens is 258 g/mol. The highest BCUT2D eigenvalue weighted by atomic mass is 16.4. The minimum Gasteiger partial charge on any atom is -0.477 e. The summed E-state index contributed by atoms with van der Waals surface area (Å²) < 4.78 is 0. The van der Waals surface area contributed by atoms with Gasteiger partial charge in [-0.2, -0.15) is 0 Å². The zero-order chi connectivity index (χ0) is 14.5. The zero-order valence-electron chi connectivity index (χ0n) is 11.5. The van der Waals surface area contributed by atoms with Gasteiger partial charge in [-0.3, -0.25) is 4.79 Å². The predicted molar refractivity (Wildman–Crippen MR) is 73.8 cm³/mol. The molecule has 2 N–H and O–H groups in total. The van der Waals surface area contributed by atoms with Crippen LogP contribution in [0.3, 0.4) is 0 Å². The predicted octanol–water partition coefficient (Wildman–Crippen LogP) is 0.994. The summed E-state index contributed by atoms with van der Waals surface area (Å²) >= 11 is 0. The number of nitrogens with one attached hydrogen (secondary N) is 1. The molecule has 0 spiro atoms. The van der Waals surface area contributed by atoms with Crippen molar-refractivity contribution in [3.8, 4) is 0 Å². The second-order valence-corrected chi connectivity index (χ2v) is 4.81. The Bertz CT molecular complexity index is 481. The molecule has 1 fully saturated rings. The van der Waals surface area contributed by atoms with Gasteiger partial charge in [-0.05, 0) is 45.0 Å². The lowest BCUT2D eigenvalue weighted by atomic mass is 10.0. The van der Waals surface area contributed by atoms with Gasteiger partial charge in [-0.25, -0.2) is 9.78 Å². The number of carboxylic acid groups (broad SMARTS) is 1. The fourth-order valence-corrected chi connectivity index (χ4v) is 2.50. The summed E-state index contributed by atoms with van der Waals surface area (Å²) in [5.41, 5.74) is 0.391. The Morgan fingerprint density at radius 3 is 2.60 bits per heavy atom. The Hall–Kier alpha value is -1.95. The van der Waals surface area contributed by atoms with Crippen LogP contribution in [-0.2, 0) is 0 Å². The lowest BCUT2D eigenvalue weighted by molar-refractivity contribution is 0.0649. The molecule has 1 amide bonds. The molecule has 1 aliphatic rings. The smallest absolute Gasteiger partial charge is 0.354 e. The van der Waals surface area contributed by atoms with E-state index in [1.165, 1.54) is 18.3 Å².